The van der Waals surface area contributed by atoms with Gasteiger partial charge in [-0.1, -0.05) is 20.8 Å². The highest BCUT2D eigenvalue weighted by Gasteiger charge is 2.32. The highest BCUT2D eigenvalue weighted by Crippen LogP contribution is 2.32. The van der Waals surface area contributed by atoms with Gasteiger partial charge in [-0.2, -0.15) is 0 Å². The van der Waals surface area contributed by atoms with Gasteiger partial charge in [0.15, 0.2) is 0 Å². The summed E-state index contributed by atoms with van der Waals surface area (Å²) in [6.07, 6.45) is 0.953. The standard InChI is InChI=1S/C9H19NO/c1-9(2,3)7-4-5-10-6-8(7)11/h7-8,10-11H,4-6H2,1-3H3/t7-,8-/m1/s1. The van der Waals surface area contributed by atoms with E-state index >= 15 is 0 Å². The van der Waals surface area contributed by atoms with Gasteiger partial charge in [0.25, 0.3) is 0 Å². The average molecular weight is 157 g/mol. The molecule has 1 fully saturated rings. The Bertz CT molecular complexity index is 128. The van der Waals surface area contributed by atoms with E-state index in [2.05, 4.69) is 26.1 Å². The molecule has 0 aromatic heterocycles. The summed E-state index contributed by atoms with van der Waals surface area (Å²) >= 11 is 0. The van der Waals surface area contributed by atoms with Gasteiger partial charge < -0.3 is 10.4 Å². The summed E-state index contributed by atoms with van der Waals surface area (Å²) in [5.74, 6) is 0.462. The molecule has 2 nitrogen and oxygen atoms in total. The smallest absolute Gasteiger partial charge is 0.0698 e. The minimum Gasteiger partial charge on any atom is -0.391 e. The van der Waals surface area contributed by atoms with Gasteiger partial charge in [-0.3, -0.25) is 0 Å². The zero-order chi connectivity index (χ0) is 8.48. The molecule has 0 aliphatic carbocycles. The second kappa shape index (κ2) is 3.11. The molecular formula is C9H19NO. The average Bonchev–Trinajstić information content (AvgIpc) is 1.86. The minimum atomic E-state index is -0.149. The third-order valence-corrected chi connectivity index (χ3v) is 2.56. The first-order chi connectivity index (χ1) is 5.02. The van der Waals surface area contributed by atoms with Gasteiger partial charge in [-0.25, -0.2) is 0 Å². The molecule has 0 spiro atoms. The van der Waals surface area contributed by atoms with E-state index in [0.29, 0.717) is 5.92 Å². The third kappa shape index (κ3) is 2.17. The first-order valence-corrected chi connectivity index (χ1v) is 4.40. The maximum Gasteiger partial charge on any atom is 0.0698 e. The maximum atomic E-state index is 9.64. The van der Waals surface area contributed by atoms with E-state index in [9.17, 15) is 5.11 Å². The second-order valence-corrected chi connectivity index (χ2v) is 4.53. The van der Waals surface area contributed by atoms with Crippen LogP contribution in [0.25, 0.3) is 0 Å². The van der Waals surface area contributed by atoms with Gasteiger partial charge in [0, 0.05) is 6.54 Å². The van der Waals surface area contributed by atoms with Crippen molar-refractivity contribution in [2.45, 2.75) is 33.3 Å². The summed E-state index contributed by atoms with van der Waals surface area (Å²) in [6.45, 7) is 8.42. The highest BCUT2D eigenvalue weighted by atomic mass is 16.3. The van der Waals surface area contributed by atoms with Crippen LogP contribution in [0.15, 0.2) is 0 Å². The van der Waals surface area contributed by atoms with Gasteiger partial charge in [-0.15, -0.1) is 0 Å². The quantitative estimate of drug-likeness (QED) is 0.550. The Labute approximate surface area is 69.0 Å². The lowest BCUT2D eigenvalue weighted by Crippen LogP contribution is -2.45. The summed E-state index contributed by atoms with van der Waals surface area (Å²) in [6, 6.07) is 0. The normalized spacial score (nSPS) is 33.8. The van der Waals surface area contributed by atoms with Crippen molar-refractivity contribution in [1.82, 2.24) is 5.32 Å². The molecule has 11 heavy (non-hydrogen) atoms. The lowest BCUT2D eigenvalue weighted by Gasteiger charge is -2.38. The van der Waals surface area contributed by atoms with E-state index in [4.69, 9.17) is 0 Å². The zero-order valence-corrected chi connectivity index (χ0v) is 7.72. The molecule has 1 aliphatic rings. The van der Waals surface area contributed by atoms with Crippen molar-refractivity contribution in [3.8, 4) is 0 Å². The molecule has 0 bridgehead atoms. The van der Waals surface area contributed by atoms with Crippen LogP contribution in [0.2, 0.25) is 0 Å². The van der Waals surface area contributed by atoms with E-state index in [-0.39, 0.29) is 11.5 Å². The molecule has 0 aromatic rings. The largest absolute Gasteiger partial charge is 0.391 e. The maximum absolute atomic E-state index is 9.64. The zero-order valence-electron chi connectivity index (χ0n) is 7.72. The molecule has 2 N–H and O–H groups in total. The van der Waals surface area contributed by atoms with Crippen molar-refractivity contribution >= 4 is 0 Å². The van der Waals surface area contributed by atoms with Crippen LogP contribution in [-0.4, -0.2) is 24.3 Å². The van der Waals surface area contributed by atoms with Gasteiger partial charge >= 0.3 is 0 Å². The predicted molar refractivity (Wildman–Crippen MR) is 46.4 cm³/mol. The number of piperidine rings is 1. The molecular weight excluding hydrogens is 138 g/mol. The van der Waals surface area contributed by atoms with Crippen molar-refractivity contribution in [3.05, 3.63) is 0 Å². The Kier molecular flexibility index (Phi) is 2.55. The Balaban J connectivity index is 2.55. The summed E-state index contributed by atoms with van der Waals surface area (Å²) in [7, 11) is 0. The number of hydrogen-bond acceptors (Lipinski definition) is 2. The van der Waals surface area contributed by atoms with Crippen molar-refractivity contribution in [1.29, 1.82) is 0 Å². The van der Waals surface area contributed by atoms with Crippen LogP contribution in [0.1, 0.15) is 27.2 Å². The van der Waals surface area contributed by atoms with Crippen molar-refractivity contribution in [2.24, 2.45) is 11.3 Å². The predicted octanol–water partition coefficient (Wildman–Crippen LogP) is 1.00. The van der Waals surface area contributed by atoms with Gasteiger partial charge in [0.05, 0.1) is 6.10 Å². The highest BCUT2D eigenvalue weighted by molar-refractivity contribution is 4.85. The number of aliphatic hydroxyl groups is 1. The van der Waals surface area contributed by atoms with Crippen LogP contribution in [-0.2, 0) is 0 Å². The SMILES string of the molecule is CC(C)(C)[C@@H]1CCNC[C@H]1O. The lowest BCUT2D eigenvalue weighted by molar-refractivity contribution is 0.0206. The summed E-state index contributed by atoms with van der Waals surface area (Å²) in [5, 5.41) is 12.8. The van der Waals surface area contributed by atoms with Gasteiger partial charge in [0.1, 0.15) is 0 Å². The Morgan fingerprint density at radius 2 is 2.00 bits per heavy atom. The second-order valence-electron chi connectivity index (χ2n) is 4.53. The summed E-state index contributed by atoms with van der Waals surface area (Å²) in [4.78, 5) is 0. The number of nitrogens with one attached hydrogen (secondary N) is 1. The first-order valence-electron chi connectivity index (χ1n) is 4.40. The number of β-amino-alcohol motifs (C(OH)–C–C–N with tert-alkyl or cyclic N) is 1. The number of hydrogen-bond donors (Lipinski definition) is 2. The molecule has 1 heterocycles. The Morgan fingerprint density at radius 1 is 1.36 bits per heavy atom. The van der Waals surface area contributed by atoms with Crippen molar-refractivity contribution < 1.29 is 5.11 Å². The van der Waals surface area contributed by atoms with Crippen molar-refractivity contribution in [3.63, 3.8) is 0 Å². The van der Waals surface area contributed by atoms with E-state index in [0.717, 1.165) is 19.5 Å². The topological polar surface area (TPSA) is 32.3 Å². The molecule has 1 aliphatic heterocycles. The fraction of sp³-hybridized carbons (Fsp3) is 1.00. The molecule has 0 unspecified atom stereocenters. The van der Waals surface area contributed by atoms with E-state index in [1.807, 2.05) is 0 Å². The van der Waals surface area contributed by atoms with Crippen LogP contribution in [0, 0.1) is 11.3 Å². The first kappa shape index (κ1) is 9.01. The molecule has 1 rings (SSSR count). The lowest BCUT2D eigenvalue weighted by atomic mass is 9.74. The van der Waals surface area contributed by atoms with Crippen LogP contribution in [0.3, 0.4) is 0 Å². The number of rotatable bonds is 0. The monoisotopic (exact) mass is 157 g/mol. The van der Waals surface area contributed by atoms with E-state index in [1.165, 1.54) is 0 Å². The third-order valence-electron chi connectivity index (χ3n) is 2.56. The fourth-order valence-corrected chi connectivity index (χ4v) is 1.85. The van der Waals surface area contributed by atoms with Crippen LogP contribution in [0.5, 0.6) is 0 Å². The van der Waals surface area contributed by atoms with Gasteiger partial charge in [0.2, 0.25) is 0 Å². The molecule has 1 saturated heterocycles. The molecule has 2 heteroatoms. The van der Waals surface area contributed by atoms with Gasteiger partial charge in [-0.05, 0) is 24.3 Å². The van der Waals surface area contributed by atoms with Crippen LogP contribution < -0.4 is 5.32 Å². The minimum absolute atomic E-state index is 0.149. The molecule has 0 amide bonds. The molecule has 0 radical (unpaired) electrons. The van der Waals surface area contributed by atoms with Crippen LogP contribution in [0.4, 0.5) is 0 Å². The molecule has 0 saturated carbocycles. The summed E-state index contributed by atoms with van der Waals surface area (Å²) < 4.78 is 0. The number of aliphatic hydroxyl groups excluding tert-OH is 1. The molecule has 0 aromatic carbocycles. The van der Waals surface area contributed by atoms with Crippen LogP contribution >= 0.6 is 0 Å². The Hall–Kier alpha value is -0.0800. The molecule has 66 valence electrons. The summed E-state index contributed by atoms with van der Waals surface area (Å²) in [5.41, 5.74) is 0.252. The Morgan fingerprint density at radius 3 is 2.36 bits per heavy atom. The molecule has 2 atom stereocenters. The van der Waals surface area contributed by atoms with E-state index < -0.39 is 0 Å². The fourth-order valence-electron chi connectivity index (χ4n) is 1.85. The van der Waals surface area contributed by atoms with E-state index in [1.54, 1.807) is 0 Å². The van der Waals surface area contributed by atoms with Crippen molar-refractivity contribution in [2.75, 3.05) is 13.1 Å².